The van der Waals surface area contributed by atoms with E-state index >= 15 is 0 Å². The van der Waals surface area contributed by atoms with E-state index in [0.717, 1.165) is 6.92 Å². The Labute approximate surface area is 215 Å². The number of carboxylic acids is 1. The highest BCUT2D eigenvalue weighted by molar-refractivity contribution is 6.32. The van der Waals surface area contributed by atoms with Crippen LogP contribution in [0.3, 0.4) is 0 Å². The Bertz CT molecular complexity index is 1290. The van der Waals surface area contributed by atoms with E-state index in [-0.39, 0.29) is 22.6 Å². The molecule has 1 amide bonds. The average Bonchev–Trinajstić information content (AvgIpc) is 2.75. The van der Waals surface area contributed by atoms with Crippen molar-refractivity contribution in [2.75, 3.05) is 14.1 Å². The molecule has 8 N–H and O–H groups in total. The van der Waals surface area contributed by atoms with Crippen LogP contribution in [0.15, 0.2) is 29.0 Å². The lowest BCUT2D eigenvalue weighted by Crippen LogP contribution is -2.67. The number of halogens is 1. The molecule has 0 radical (unpaired) electrons. The first-order valence-electron chi connectivity index (χ1n) is 11.0. The molecule has 0 aliphatic heterocycles. The number of aromatic hydroxyl groups is 1. The fourth-order valence-electron chi connectivity index (χ4n) is 5.58. The number of Topliss-reactive ketones (excluding diaryl/α,β-unsaturated/α-hetero) is 2. The summed E-state index contributed by atoms with van der Waals surface area (Å²) in [7, 11) is 2.97. The van der Waals surface area contributed by atoms with Crippen molar-refractivity contribution >= 4 is 40.8 Å². The fourth-order valence-corrected chi connectivity index (χ4v) is 5.93. The molecule has 37 heavy (non-hydrogen) atoms. The Morgan fingerprint density at radius 1 is 1.14 bits per heavy atom. The van der Waals surface area contributed by atoms with Crippen LogP contribution in [0.4, 0.5) is 0 Å². The summed E-state index contributed by atoms with van der Waals surface area (Å²) in [6, 6.07) is 1.24. The van der Waals surface area contributed by atoms with Crippen molar-refractivity contribution in [3.05, 3.63) is 45.2 Å². The molecule has 0 saturated heterocycles. The maximum atomic E-state index is 13.7. The average molecular weight is 539 g/mol. The molecular formula is C24H27ClN2O10. The van der Waals surface area contributed by atoms with E-state index in [1.54, 1.807) is 0 Å². The number of phenols is 1. The molecule has 13 heteroatoms. The fraction of sp³-hybridized carbons (Fsp3) is 0.417. The Morgan fingerprint density at radius 2 is 1.68 bits per heavy atom. The second kappa shape index (κ2) is 9.14. The Kier molecular flexibility index (Phi) is 6.95. The maximum absolute atomic E-state index is 13.7. The number of aliphatic carboxylic acids is 1. The number of nitrogens with two attached hydrogens (primary N) is 1. The van der Waals surface area contributed by atoms with Crippen LogP contribution in [-0.4, -0.2) is 84.7 Å². The number of carbonyl (C=O) groups is 4. The number of rotatable bonds is 2. The van der Waals surface area contributed by atoms with Crippen LogP contribution in [0.2, 0.25) is 5.02 Å². The predicted molar refractivity (Wildman–Crippen MR) is 128 cm³/mol. The minimum Gasteiger partial charge on any atom is -0.508 e. The van der Waals surface area contributed by atoms with Crippen molar-refractivity contribution in [3.63, 3.8) is 0 Å². The number of aliphatic hydroxyl groups is 4. The number of carbonyl (C=O) groups excluding carboxylic acids is 3. The number of hydrogen-bond donors (Lipinski definition) is 7. The monoisotopic (exact) mass is 538 g/mol. The third-order valence-corrected chi connectivity index (χ3v) is 7.39. The number of amides is 1. The predicted octanol–water partition coefficient (Wildman–Crippen LogP) is 0.373. The molecule has 0 unspecified atom stereocenters. The number of likely N-dealkylation sites (N-methyl/N-ethyl adjacent to an activating group) is 1. The van der Waals surface area contributed by atoms with Crippen molar-refractivity contribution in [3.8, 4) is 5.75 Å². The van der Waals surface area contributed by atoms with Crippen molar-refractivity contribution < 1.29 is 49.8 Å². The van der Waals surface area contributed by atoms with E-state index in [2.05, 4.69) is 0 Å². The van der Waals surface area contributed by atoms with E-state index in [9.17, 15) is 39.9 Å². The first-order chi connectivity index (χ1) is 16.9. The maximum Gasteiger partial charge on any atom is 0.300 e. The second-order valence-corrected chi connectivity index (χ2v) is 10.0. The largest absolute Gasteiger partial charge is 0.508 e. The minimum atomic E-state index is -2.78. The number of benzene rings is 1. The highest BCUT2D eigenvalue weighted by Crippen LogP contribution is 2.58. The lowest BCUT2D eigenvalue weighted by Gasteiger charge is -2.53. The topological polar surface area (TPSA) is 219 Å². The molecule has 200 valence electrons. The van der Waals surface area contributed by atoms with Gasteiger partial charge >= 0.3 is 0 Å². The summed E-state index contributed by atoms with van der Waals surface area (Å²) in [5, 5.41) is 62.6. The number of phenolic OH excluding ortho intramolecular Hbond substituents is 1. The molecule has 0 spiro atoms. The number of nitrogens with zero attached hydrogens (tertiary/aromatic N) is 1. The van der Waals surface area contributed by atoms with E-state index in [1.807, 2.05) is 0 Å². The lowest BCUT2D eigenvalue weighted by molar-refractivity contribution is -0.159. The highest BCUT2D eigenvalue weighted by Gasteiger charge is 2.66. The first kappa shape index (κ1) is 28.1. The third kappa shape index (κ3) is 3.96. The number of carboxylic acid groups (broad SMARTS) is 1. The number of hydrogen-bond acceptors (Lipinski definition) is 10. The van der Waals surface area contributed by atoms with E-state index in [1.165, 1.54) is 38.1 Å². The van der Waals surface area contributed by atoms with Gasteiger partial charge in [-0.05, 0) is 39.6 Å². The molecule has 1 aromatic carbocycles. The van der Waals surface area contributed by atoms with E-state index < -0.39 is 80.9 Å². The molecule has 0 aromatic heterocycles. The molecule has 1 saturated carbocycles. The normalized spacial score (nSPS) is 30.8. The molecule has 1 fully saturated rings. The van der Waals surface area contributed by atoms with Crippen molar-refractivity contribution in [1.29, 1.82) is 0 Å². The van der Waals surface area contributed by atoms with Gasteiger partial charge in [-0.1, -0.05) is 11.6 Å². The minimum absolute atomic E-state index is 0.0187. The Morgan fingerprint density at radius 3 is 2.16 bits per heavy atom. The van der Waals surface area contributed by atoms with Crippen molar-refractivity contribution in [2.45, 2.75) is 37.5 Å². The van der Waals surface area contributed by atoms with Crippen LogP contribution in [0.1, 0.15) is 31.4 Å². The molecule has 3 aliphatic carbocycles. The van der Waals surface area contributed by atoms with Gasteiger partial charge in [0.15, 0.2) is 11.4 Å². The molecule has 0 heterocycles. The molecule has 1 aromatic rings. The van der Waals surface area contributed by atoms with Gasteiger partial charge in [0, 0.05) is 34.9 Å². The summed E-state index contributed by atoms with van der Waals surface area (Å²) in [4.78, 5) is 49.1. The van der Waals surface area contributed by atoms with Gasteiger partial charge < -0.3 is 36.4 Å². The lowest BCUT2D eigenvalue weighted by atomic mass is 9.54. The van der Waals surface area contributed by atoms with Gasteiger partial charge in [0.2, 0.25) is 5.78 Å². The van der Waals surface area contributed by atoms with Gasteiger partial charge in [0.1, 0.15) is 22.8 Å². The van der Waals surface area contributed by atoms with Gasteiger partial charge in [-0.15, -0.1) is 0 Å². The first-order valence-corrected chi connectivity index (χ1v) is 11.4. The smallest absolute Gasteiger partial charge is 0.300 e. The summed E-state index contributed by atoms with van der Waals surface area (Å²) in [5.74, 6) is -9.13. The summed E-state index contributed by atoms with van der Waals surface area (Å²) >= 11 is 6.28. The molecular weight excluding hydrogens is 512 g/mol. The van der Waals surface area contributed by atoms with Crippen molar-refractivity contribution in [2.24, 2.45) is 17.6 Å². The number of fused-ring (bicyclic) bond motifs is 3. The highest BCUT2D eigenvalue weighted by atomic mass is 35.5. The quantitative estimate of drug-likeness (QED) is 0.255. The summed E-state index contributed by atoms with van der Waals surface area (Å²) in [5.41, 5.74) is -1.10. The number of aliphatic hydroxyl groups excluding tert-OH is 2. The van der Waals surface area contributed by atoms with Crippen LogP contribution in [0.5, 0.6) is 5.75 Å². The molecule has 3 aliphatic rings. The number of primary amides is 1. The van der Waals surface area contributed by atoms with Crippen LogP contribution < -0.4 is 5.73 Å². The summed E-state index contributed by atoms with van der Waals surface area (Å²) < 4.78 is 0. The van der Waals surface area contributed by atoms with Gasteiger partial charge in [-0.3, -0.25) is 24.1 Å². The zero-order valence-corrected chi connectivity index (χ0v) is 21.1. The molecule has 5 atom stereocenters. The van der Waals surface area contributed by atoms with Gasteiger partial charge in [0.25, 0.3) is 11.9 Å². The van der Waals surface area contributed by atoms with Gasteiger partial charge in [-0.2, -0.15) is 0 Å². The van der Waals surface area contributed by atoms with Crippen molar-refractivity contribution in [1.82, 2.24) is 4.90 Å². The molecule has 4 rings (SSSR count). The second-order valence-electron chi connectivity index (χ2n) is 9.60. The molecule has 12 nitrogen and oxygen atoms in total. The van der Waals surface area contributed by atoms with Crippen LogP contribution in [0, 0.1) is 11.8 Å². The molecule has 0 bridgehead atoms. The van der Waals surface area contributed by atoms with Crippen LogP contribution in [-0.2, 0) is 24.8 Å². The zero-order valence-electron chi connectivity index (χ0n) is 20.3. The van der Waals surface area contributed by atoms with Gasteiger partial charge in [0.05, 0.1) is 17.2 Å². The van der Waals surface area contributed by atoms with E-state index in [4.69, 9.17) is 27.2 Å². The van der Waals surface area contributed by atoms with Crippen LogP contribution >= 0.6 is 11.6 Å². The standard InChI is InChI=1S/C22H23ClN2O8.C2H4O2/c1-21(32)7-6-8-15(25(2)3)17(28)13(20(24)31)19(30)22(8,33)18(29)11(7)16(27)12-10(26)5-4-9(23)14(12)21;1-2(3)4/h4-5,7-8,15,26-27,30,32-33H,6H2,1-3H3,(H2,24,31);1H3,(H,3,4)/t7-,8-,15-,21-,22-;/m0./s1. The number of ketones is 2. The third-order valence-electron chi connectivity index (χ3n) is 7.07. The van der Waals surface area contributed by atoms with Gasteiger partial charge in [-0.25, -0.2) is 0 Å². The Balaban J connectivity index is 0.000000886. The SMILES string of the molecule is CC(=O)O.CN(C)[C@@H]1C(=O)C(C(N)=O)=C(O)[C@@]2(O)C(=O)C3=C(O)c4c(O)ccc(Cl)c4[C@@](C)(O)[C@H]3C[C@@H]12. The van der Waals surface area contributed by atoms with Crippen LogP contribution in [0.25, 0.3) is 5.76 Å². The summed E-state index contributed by atoms with van der Waals surface area (Å²) in [6.07, 6.45) is -0.259. The zero-order chi connectivity index (χ0) is 28.4. The Hall–Kier alpha value is -3.45. The van der Waals surface area contributed by atoms with E-state index in [0.29, 0.717) is 0 Å². The summed E-state index contributed by atoms with van der Waals surface area (Å²) in [6.45, 7) is 2.42.